The van der Waals surface area contributed by atoms with Crippen molar-refractivity contribution >= 4 is 0 Å². The van der Waals surface area contributed by atoms with Crippen molar-refractivity contribution in [3.8, 4) is 22.6 Å². The molecule has 0 radical (unpaired) electrons. The molecule has 0 heterocycles. The Hall–Kier alpha value is -2.30. The molecule has 0 aromatic heterocycles. The van der Waals surface area contributed by atoms with Gasteiger partial charge in [-0.3, -0.25) is 0 Å². The smallest absolute Gasteiger partial charge is 0.123 e. The van der Waals surface area contributed by atoms with Crippen LogP contribution in [0.25, 0.3) is 11.1 Å². The first-order chi connectivity index (χ1) is 11.5. The van der Waals surface area contributed by atoms with Crippen molar-refractivity contribution in [2.24, 2.45) is 0 Å². The van der Waals surface area contributed by atoms with E-state index in [-0.39, 0.29) is 11.5 Å². The van der Waals surface area contributed by atoms with Gasteiger partial charge in [-0.05, 0) is 55.7 Å². The number of rotatable bonds is 7. The van der Waals surface area contributed by atoms with Crippen LogP contribution >= 0.6 is 0 Å². The number of phenols is 2. The second-order valence-electron chi connectivity index (χ2n) is 5.74. The molecule has 4 heteroatoms. The van der Waals surface area contributed by atoms with Crippen molar-refractivity contribution in [2.75, 3.05) is 6.61 Å². The van der Waals surface area contributed by atoms with Gasteiger partial charge in [0.25, 0.3) is 0 Å². The van der Waals surface area contributed by atoms with Gasteiger partial charge >= 0.3 is 0 Å². The van der Waals surface area contributed by atoms with Crippen LogP contribution in [0.1, 0.15) is 31.1 Å². The maximum absolute atomic E-state index is 10.2. The molecule has 2 aromatic rings. The van der Waals surface area contributed by atoms with Gasteiger partial charge in [-0.15, -0.1) is 6.58 Å². The van der Waals surface area contributed by atoms with Crippen molar-refractivity contribution in [1.29, 1.82) is 0 Å². The quantitative estimate of drug-likeness (QED) is 0.673. The average Bonchev–Trinajstić information content (AvgIpc) is 2.55. The maximum atomic E-state index is 10.2. The fourth-order valence-electron chi connectivity index (χ4n) is 2.73. The molecular formula is C20H24O4. The molecule has 0 saturated heterocycles. The summed E-state index contributed by atoms with van der Waals surface area (Å²) >= 11 is 0. The van der Waals surface area contributed by atoms with Gasteiger partial charge in [0, 0.05) is 17.7 Å². The molecule has 0 spiro atoms. The Bertz CT molecular complexity index is 707. The topological polar surface area (TPSA) is 69.9 Å². The second kappa shape index (κ2) is 7.99. The highest BCUT2D eigenvalue weighted by molar-refractivity contribution is 5.76. The summed E-state index contributed by atoms with van der Waals surface area (Å²) in [6.07, 6.45) is 1.27. The third-order valence-corrected chi connectivity index (χ3v) is 3.86. The standard InChI is InChI=1S/C20H24O4/c1-4-6-14-7-9-18(22)16(11-14)17-12-15(8-10-19(17)23)20(13(3)21)24-5-2/h4,7-13,20-23H,1,5-6H2,2-3H3. The zero-order valence-corrected chi connectivity index (χ0v) is 14.1. The number of aliphatic hydroxyl groups is 1. The zero-order valence-electron chi connectivity index (χ0n) is 14.1. The predicted octanol–water partition coefficient (Wildman–Crippen LogP) is 3.95. The van der Waals surface area contributed by atoms with Crippen LogP contribution < -0.4 is 0 Å². The summed E-state index contributed by atoms with van der Waals surface area (Å²) in [5.41, 5.74) is 2.77. The Morgan fingerprint density at radius 2 is 1.71 bits per heavy atom. The average molecular weight is 328 g/mol. The number of allylic oxidation sites excluding steroid dienone is 1. The summed E-state index contributed by atoms with van der Waals surface area (Å²) in [5.74, 6) is 0.144. The van der Waals surface area contributed by atoms with E-state index in [1.165, 1.54) is 0 Å². The van der Waals surface area contributed by atoms with E-state index in [9.17, 15) is 15.3 Å². The molecule has 2 aromatic carbocycles. The molecule has 3 N–H and O–H groups in total. The van der Waals surface area contributed by atoms with Gasteiger partial charge in [0.2, 0.25) is 0 Å². The number of aliphatic hydroxyl groups excluding tert-OH is 1. The molecule has 24 heavy (non-hydrogen) atoms. The molecule has 0 amide bonds. The second-order valence-corrected chi connectivity index (χ2v) is 5.74. The minimum atomic E-state index is -0.692. The van der Waals surface area contributed by atoms with Crippen LogP contribution in [0.5, 0.6) is 11.5 Å². The van der Waals surface area contributed by atoms with Crippen LogP contribution in [-0.2, 0) is 11.2 Å². The fraction of sp³-hybridized carbons (Fsp3) is 0.300. The SMILES string of the molecule is C=CCc1ccc(O)c(-c2cc(C(OCC)C(C)O)ccc2O)c1. The van der Waals surface area contributed by atoms with Gasteiger partial charge < -0.3 is 20.1 Å². The monoisotopic (exact) mass is 328 g/mol. The first-order valence-electron chi connectivity index (χ1n) is 8.03. The summed E-state index contributed by atoms with van der Waals surface area (Å²) in [6, 6.07) is 10.3. The van der Waals surface area contributed by atoms with Crippen molar-refractivity contribution < 1.29 is 20.1 Å². The third-order valence-electron chi connectivity index (χ3n) is 3.86. The zero-order chi connectivity index (χ0) is 17.7. The van der Waals surface area contributed by atoms with Gasteiger partial charge in [-0.1, -0.05) is 18.2 Å². The number of hydrogen-bond donors (Lipinski definition) is 3. The van der Waals surface area contributed by atoms with Gasteiger partial charge in [-0.2, -0.15) is 0 Å². The van der Waals surface area contributed by atoms with Crippen LogP contribution in [0.4, 0.5) is 0 Å². The first kappa shape index (κ1) is 18.0. The Balaban J connectivity index is 2.52. The van der Waals surface area contributed by atoms with Crippen LogP contribution in [0.15, 0.2) is 49.1 Å². The van der Waals surface area contributed by atoms with E-state index >= 15 is 0 Å². The lowest BCUT2D eigenvalue weighted by Crippen LogP contribution is -2.18. The number of aromatic hydroxyl groups is 2. The van der Waals surface area contributed by atoms with Crippen molar-refractivity contribution in [3.05, 3.63) is 60.2 Å². The molecular weight excluding hydrogens is 304 g/mol. The highest BCUT2D eigenvalue weighted by Crippen LogP contribution is 2.38. The van der Waals surface area contributed by atoms with E-state index in [0.29, 0.717) is 24.2 Å². The van der Waals surface area contributed by atoms with E-state index in [1.54, 1.807) is 37.3 Å². The van der Waals surface area contributed by atoms with Gasteiger partial charge in [0.15, 0.2) is 0 Å². The molecule has 0 bridgehead atoms. The van der Waals surface area contributed by atoms with E-state index < -0.39 is 12.2 Å². The van der Waals surface area contributed by atoms with Crippen molar-refractivity contribution in [1.82, 2.24) is 0 Å². The van der Waals surface area contributed by atoms with E-state index in [0.717, 1.165) is 11.1 Å². The number of phenolic OH excluding ortho intramolecular Hbond substituents is 2. The summed E-state index contributed by atoms with van der Waals surface area (Å²) in [5, 5.41) is 30.4. The fourth-order valence-corrected chi connectivity index (χ4v) is 2.73. The largest absolute Gasteiger partial charge is 0.507 e. The summed E-state index contributed by atoms with van der Waals surface area (Å²) in [6.45, 7) is 7.71. The summed E-state index contributed by atoms with van der Waals surface area (Å²) < 4.78 is 5.61. The number of ether oxygens (including phenoxy) is 1. The van der Waals surface area contributed by atoms with Crippen LogP contribution in [0.3, 0.4) is 0 Å². The lowest BCUT2D eigenvalue weighted by Gasteiger charge is -2.21. The highest BCUT2D eigenvalue weighted by Gasteiger charge is 2.20. The predicted molar refractivity (Wildman–Crippen MR) is 95.2 cm³/mol. The van der Waals surface area contributed by atoms with E-state index in [4.69, 9.17) is 4.74 Å². The molecule has 2 unspecified atom stereocenters. The Morgan fingerprint density at radius 1 is 1.08 bits per heavy atom. The Kier molecular flexibility index (Phi) is 6.01. The molecule has 0 fully saturated rings. The minimum Gasteiger partial charge on any atom is -0.507 e. The molecule has 2 atom stereocenters. The third kappa shape index (κ3) is 3.96. The Morgan fingerprint density at radius 3 is 2.29 bits per heavy atom. The highest BCUT2D eigenvalue weighted by atomic mass is 16.5. The summed E-state index contributed by atoms with van der Waals surface area (Å²) in [7, 11) is 0. The first-order valence-corrected chi connectivity index (χ1v) is 8.03. The van der Waals surface area contributed by atoms with Crippen LogP contribution in [-0.4, -0.2) is 28.0 Å². The van der Waals surface area contributed by atoms with E-state index in [1.807, 2.05) is 19.1 Å². The molecule has 2 rings (SSSR count). The molecule has 0 aliphatic heterocycles. The normalized spacial score (nSPS) is 13.5. The number of benzene rings is 2. The van der Waals surface area contributed by atoms with E-state index in [2.05, 4.69) is 6.58 Å². The summed E-state index contributed by atoms with van der Waals surface area (Å²) in [4.78, 5) is 0. The maximum Gasteiger partial charge on any atom is 0.123 e. The van der Waals surface area contributed by atoms with Crippen LogP contribution in [0.2, 0.25) is 0 Å². The van der Waals surface area contributed by atoms with Crippen molar-refractivity contribution in [3.63, 3.8) is 0 Å². The minimum absolute atomic E-state index is 0.0608. The van der Waals surface area contributed by atoms with Gasteiger partial charge in [0.1, 0.15) is 17.6 Å². The number of hydrogen-bond acceptors (Lipinski definition) is 4. The van der Waals surface area contributed by atoms with Crippen molar-refractivity contribution in [2.45, 2.75) is 32.5 Å². The molecule has 0 aliphatic rings. The molecule has 4 nitrogen and oxygen atoms in total. The van der Waals surface area contributed by atoms with Gasteiger partial charge in [0.05, 0.1) is 6.10 Å². The molecule has 0 saturated carbocycles. The lowest BCUT2D eigenvalue weighted by atomic mass is 9.95. The molecule has 0 aliphatic carbocycles. The Labute approximate surface area is 142 Å². The molecule has 128 valence electrons. The van der Waals surface area contributed by atoms with Gasteiger partial charge in [-0.25, -0.2) is 0 Å². The van der Waals surface area contributed by atoms with Crippen LogP contribution in [0, 0.1) is 0 Å². The lowest BCUT2D eigenvalue weighted by molar-refractivity contribution is -0.0259.